The molecule has 1 aliphatic rings. The van der Waals surface area contributed by atoms with E-state index in [0.29, 0.717) is 22.3 Å². The van der Waals surface area contributed by atoms with Crippen molar-refractivity contribution in [2.24, 2.45) is 0 Å². The molecule has 152 valence electrons. The summed E-state index contributed by atoms with van der Waals surface area (Å²) in [6.45, 7) is 2.09. The van der Waals surface area contributed by atoms with Crippen molar-refractivity contribution in [3.8, 4) is 21.7 Å². The van der Waals surface area contributed by atoms with Gasteiger partial charge in [0, 0.05) is 27.8 Å². The molecule has 6 rings (SSSR count). The van der Waals surface area contributed by atoms with Crippen LogP contribution in [0, 0.1) is 6.92 Å². The summed E-state index contributed by atoms with van der Waals surface area (Å²) in [6.07, 6.45) is 0. The second-order valence-corrected chi connectivity index (χ2v) is 9.06. The first kappa shape index (κ1) is 18.8. The van der Waals surface area contributed by atoms with Gasteiger partial charge in [0.2, 0.25) is 0 Å². The van der Waals surface area contributed by atoms with E-state index in [0.717, 1.165) is 27.2 Å². The van der Waals surface area contributed by atoms with Gasteiger partial charge in [0.05, 0.1) is 10.2 Å². The molecule has 0 amide bonds. The number of carbonyl (C=O) groups excluding carboxylic acids is 2. The number of hydrogen-bond donors (Lipinski definition) is 0. The number of aromatic nitrogens is 1. The maximum atomic E-state index is 13.0. The van der Waals surface area contributed by atoms with Gasteiger partial charge in [0.1, 0.15) is 5.01 Å². The minimum absolute atomic E-state index is 0.0943. The Bertz CT molecular complexity index is 1560. The summed E-state index contributed by atoms with van der Waals surface area (Å²) in [7, 11) is 0. The van der Waals surface area contributed by atoms with Crippen LogP contribution in [0.5, 0.6) is 0 Å². The van der Waals surface area contributed by atoms with Crippen LogP contribution in [0.1, 0.15) is 37.4 Å². The Morgan fingerprint density at radius 1 is 0.625 bits per heavy atom. The van der Waals surface area contributed by atoms with Crippen LogP contribution >= 0.6 is 11.3 Å². The van der Waals surface area contributed by atoms with E-state index in [1.807, 2.05) is 24.3 Å². The smallest absolute Gasteiger partial charge is 0.194 e. The highest BCUT2D eigenvalue weighted by Crippen LogP contribution is 2.34. The predicted molar refractivity (Wildman–Crippen MR) is 129 cm³/mol. The number of aryl methyl sites for hydroxylation is 1. The number of carbonyl (C=O) groups is 2. The molecule has 0 N–H and O–H groups in total. The van der Waals surface area contributed by atoms with Crippen LogP contribution in [0.2, 0.25) is 0 Å². The Labute approximate surface area is 189 Å². The molecule has 5 aromatic rings. The third-order valence-corrected chi connectivity index (χ3v) is 7.00. The Balaban J connectivity index is 1.37. The number of rotatable bonds is 2. The molecule has 0 saturated carbocycles. The lowest BCUT2D eigenvalue weighted by Crippen LogP contribution is -2.20. The van der Waals surface area contributed by atoms with E-state index in [4.69, 9.17) is 4.98 Å². The van der Waals surface area contributed by atoms with Crippen LogP contribution in [0.3, 0.4) is 0 Å². The maximum Gasteiger partial charge on any atom is 0.194 e. The standard InChI is InChI=1S/C28H17NO2S/c1-16-6-13-24-25(14-16)32-28(29-24)18-9-7-17(8-10-18)19-11-12-22-23(15-19)27(31)21-5-3-2-4-20(21)26(22)30/h2-15H,1H3. The second kappa shape index (κ2) is 7.08. The number of hydrogen-bond acceptors (Lipinski definition) is 4. The highest BCUT2D eigenvalue weighted by atomic mass is 32.1. The molecule has 32 heavy (non-hydrogen) atoms. The van der Waals surface area contributed by atoms with E-state index in [-0.39, 0.29) is 11.6 Å². The molecule has 0 unspecified atom stereocenters. The van der Waals surface area contributed by atoms with Crippen LogP contribution in [-0.2, 0) is 0 Å². The summed E-state index contributed by atoms with van der Waals surface area (Å²) >= 11 is 1.69. The normalized spacial score (nSPS) is 12.7. The van der Waals surface area contributed by atoms with Gasteiger partial charge < -0.3 is 0 Å². The van der Waals surface area contributed by atoms with Crippen molar-refractivity contribution >= 4 is 33.1 Å². The Kier molecular flexibility index (Phi) is 4.17. The third-order valence-electron chi connectivity index (χ3n) is 5.93. The van der Waals surface area contributed by atoms with Crippen molar-refractivity contribution in [1.82, 2.24) is 4.98 Å². The first-order valence-electron chi connectivity index (χ1n) is 10.4. The summed E-state index contributed by atoms with van der Waals surface area (Å²) in [5, 5.41) is 0.986. The van der Waals surface area contributed by atoms with E-state index in [2.05, 4.69) is 37.3 Å². The number of benzene rings is 4. The minimum Gasteiger partial charge on any atom is -0.289 e. The number of thiazole rings is 1. The van der Waals surface area contributed by atoms with Crippen molar-refractivity contribution in [3.63, 3.8) is 0 Å². The molecule has 1 heterocycles. The molecule has 1 aromatic heterocycles. The lowest BCUT2D eigenvalue weighted by atomic mass is 9.83. The van der Waals surface area contributed by atoms with Crippen LogP contribution in [0.4, 0.5) is 0 Å². The molecule has 1 aliphatic carbocycles. The van der Waals surface area contributed by atoms with Gasteiger partial charge in [-0.25, -0.2) is 4.98 Å². The van der Waals surface area contributed by atoms with Gasteiger partial charge in [-0.1, -0.05) is 60.7 Å². The van der Waals surface area contributed by atoms with Crippen LogP contribution < -0.4 is 0 Å². The molecule has 0 atom stereocenters. The topological polar surface area (TPSA) is 47.0 Å². The summed E-state index contributed by atoms with van der Waals surface area (Å²) in [6, 6.07) is 27.0. The Morgan fingerprint density at radius 2 is 1.25 bits per heavy atom. The van der Waals surface area contributed by atoms with E-state index < -0.39 is 0 Å². The molecule has 0 bridgehead atoms. The van der Waals surface area contributed by atoms with Crippen LogP contribution in [-0.4, -0.2) is 16.6 Å². The average molecular weight is 432 g/mol. The van der Waals surface area contributed by atoms with Crippen molar-refractivity contribution in [2.45, 2.75) is 6.92 Å². The van der Waals surface area contributed by atoms with Gasteiger partial charge in [-0.05, 0) is 47.9 Å². The second-order valence-electron chi connectivity index (χ2n) is 8.03. The number of fused-ring (bicyclic) bond motifs is 3. The average Bonchev–Trinajstić information content (AvgIpc) is 3.25. The molecular formula is C28H17NO2S. The lowest BCUT2D eigenvalue weighted by Gasteiger charge is -2.18. The van der Waals surface area contributed by atoms with E-state index in [1.165, 1.54) is 10.3 Å². The quantitative estimate of drug-likeness (QED) is 0.306. The summed E-state index contributed by atoms with van der Waals surface area (Å²) in [5.41, 5.74) is 7.10. The van der Waals surface area contributed by atoms with Crippen molar-refractivity contribution < 1.29 is 9.59 Å². The van der Waals surface area contributed by atoms with E-state index in [9.17, 15) is 9.59 Å². The molecular weight excluding hydrogens is 414 g/mol. The molecule has 4 heteroatoms. The first-order chi connectivity index (χ1) is 15.6. The largest absolute Gasteiger partial charge is 0.289 e. The maximum absolute atomic E-state index is 13.0. The van der Waals surface area contributed by atoms with Gasteiger partial charge >= 0.3 is 0 Å². The van der Waals surface area contributed by atoms with Crippen LogP contribution in [0.15, 0.2) is 84.9 Å². The highest BCUT2D eigenvalue weighted by Gasteiger charge is 2.29. The summed E-state index contributed by atoms with van der Waals surface area (Å²) < 4.78 is 1.18. The zero-order chi connectivity index (χ0) is 21.8. The van der Waals surface area contributed by atoms with Crippen LogP contribution in [0.25, 0.3) is 31.9 Å². The van der Waals surface area contributed by atoms with Gasteiger partial charge in [-0.2, -0.15) is 0 Å². The molecule has 3 nitrogen and oxygen atoms in total. The zero-order valence-electron chi connectivity index (χ0n) is 17.3. The van der Waals surface area contributed by atoms with Gasteiger partial charge in [0.15, 0.2) is 11.6 Å². The highest BCUT2D eigenvalue weighted by molar-refractivity contribution is 7.21. The lowest BCUT2D eigenvalue weighted by molar-refractivity contribution is 0.0979. The Morgan fingerprint density at radius 3 is 2.00 bits per heavy atom. The molecule has 0 aliphatic heterocycles. The van der Waals surface area contributed by atoms with Crippen molar-refractivity contribution in [3.05, 3.63) is 113 Å². The molecule has 4 aromatic carbocycles. The summed E-state index contributed by atoms with van der Waals surface area (Å²) in [5.74, 6) is -0.193. The number of nitrogens with zero attached hydrogens (tertiary/aromatic N) is 1. The minimum atomic E-state index is -0.0987. The fourth-order valence-corrected chi connectivity index (χ4v) is 5.31. The van der Waals surface area contributed by atoms with Crippen molar-refractivity contribution in [2.75, 3.05) is 0 Å². The van der Waals surface area contributed by atoms with Gasteiger partial charge in [-0.3, -0.25) is 9.59 Å². The molecule has 0 radical (unpaired) electrons. The first-order valence-corrected chi connectivity index (χ1v) is 11.2. The van der Waals surface area contributed by atoms with Gasteiger partial charge in [0.25, 0.3) is 0 Å². The zero-order valence-corrected chi connectivity index (χ0v) is 18.1. The van der Waals surface area contributed by atoms with Gasteiger partial charge in [-0.15, -0.1) is 11.3 Å². The van der Waals surface area contributed by atoms with E-state index in [1.54, 1.807) is 41.7 Å². The van der Waals surface area contributed by atoms with Crippen molar-refractivity contribution in [1.29, 1.82) is 0 Å². The Hall–Kier alpha value is -3.89. The summed E-state index contributed by atoms with van der Waals surface area (Å²) in [4.78, 5) is 30.6. The third kappa shape index (κ3) is 2.92. The van der Waals surface area contributed by atoms with E-state index >= 15 is 0 Å². The monoisotopic (exact) mass is 431 g/mol. The molecule has 0 spiro atoms. The molecule has 0 fully saturated rings. The fourth-order valence-electron chi connectivity index (χ4n) is 4.24. The SMILES string of the molecule is Cc1ccc2nc(-c3ccc(-c4ccc5c(c4)C(=O)c4ccccc4C5=O)cc3)sc2c1. The predicted octanol–water partition coefficient (Wildman–Crippen LogP) is 6.71. The fraction of sp³-hybridized carbons (Fsp3) is 0.0357. The number of ketones is 2. The molecule has 0 saturated heterocycles.